The lowest BCUT2D eigenvalue weighted by Gasteiger charge is -2.20. The standard InChI is InChI=1S/C13H17NO/c1-6-10-9-11(13(2,3)4)7-8-12(10)15-14-5/h6-9H,1,5H2,2-4H3. The summed E-state index contributed by atoms with van der Waals surface area (Å²) in [7, 11) is 0. The Morgan fingerprint density at radius 3 is 2.47 bits per heavy atom. The molecule has 0 aliphatic heterocycles. The molecule has 0 N–H and O–H groups in total. The molecule has 0 radical (unpaired) electrons. The van der Waals surface area contributed by atoms with E-state index in [4.69, 9.17) is 4.84 Å². The van der Waals surface area contributed by atoms with E-state index < -0.39 is 0 Å². The van der Waals surface area contributed by atoms with Crippen LogP contribution < -0.4 is 4.84 Å². The Kier molecular flexibility index (Phi) is 3.30. The summed E-state index contributed by atoms with van der Waals surface area (Å²) in [6.45, 7) is 13.6. The van der Waals surface area contributed by atoms with Crippen molar-refractivity contribution in [3.63, 3.8) is 0 Å². The highest BCUT2D eigenvalue weighted by molar-refractivity contribution is 5.57. The van der Waals surface area contributed by atoms with Gasteiger partial charge in [-0.05, 0) is 23.1 Å². The summed E-state index contributed by atoms with van der Waals surface area (Å²) in [6.07, 6.45) is 1.76. The molecule has 1 aromatic carbocycles. The molecular weight excluding hydrogens is 186 g/mol. The molecule has 0 saturated carbocycles. The first-order chi connectivity index (χ1) is 6.99. The molecule has 0 unspecified atom stereocenters. The third-order valence-electron chi connectivity index (χ3n) is 2.26. The van der Waals surface area contributed by atoms with Crippen molar-refractivity contribution in [3.8, 4) is 5.75 Å². The second kappa shape index (κ2) is 4.30. The van der Waals surface area contributed by atoms with Crippen LogP contribution >= 0.6 is 0 Å². The first kappa shape index (κ1) is 11.5. The van der Waals surface area contributed by atoms with Gasteiger partial charge in [-0.15, -0.1) is 0 Å². The maximum Gasteiger partial charge on any atom is 0.165 e. The van der Waals surface area contributed by atoms with E-state index in [0.29, 0.717) is 5.75 Å². The molecule has 0 atom stereocenters. The molecule has 1 rings (SSSR count). The summed E-state index contributed by atoms with van der Waals surface area (Å²) in [5, 5.41) is 3.41. The van der Waals surface area contributed by atoms with E-state index in [-0.39, 0.29) is 5.41 Å². The zero-order valence-electron chi connectivity index (χ0n) is 9.58. The van der Waals surface area contributed by atoms with Crippen LogP contribution in [-0.4, -0.2) is 6.72 Å². The van der Waals surface area contributed by atoms with Crippen molar-refractivity contribution in [2.45, 2.75) is 26.2 Å². The van der Waals surface area contributed by atoms with Crippen LogP contribution in [0.5, 0.6) is 5.75 Å². The van der Waals surface area contributed by atoms with Crippen LogP contribution in [-0.2, 0) is 5.41 Å². The zero-order valence-corrected chi connectivity index (χ0v) is 9.58. The topological polar surface area (TPSA) is 21.6 Å². The molecule has 0 aromatic heterocycles. The van der Waals surface area contributed by atoms with Gasteiger partial charge in [0.05, 0.1) is 0 Å². The average molecular weight is 203 g/mol. The van der Waals surface area contributed by atoms with Gasteiger partial charge in [0.25, 0.3) is 0 Å². The summed E-state index contributed by atoms with van der Waals surface area (Å²) >= 11 is 0. The average Bonchev–Trinajstić information content (AvgIpc) is 2.17. The van der Waals surface area contributed by atoms with E-state index in [1.54, 1.807) is 6.08 Å². The Bertz CT molecular complexity index is 375. The second-order valence-electron chi connectivity index (χ2n) is 4.43. The molecule has 0 heterocycles. The monoisotopic (exact) mass is 203 g/mol. The minimum atomic E-state index is 0.123. The molecule has 0 aliphatic carbocycles. The molecule has 0 spiro atoms. The minimum Gasteiger partial charge on any atom is -0.357 e. The van der Waals surface area contributed by atoms with Crippen LogP contribution in [0.4, 0.5) is 0 Å². The van der Waals surface area contributed by atoms with Crippen LogP contribution in [0, 0.1) is 0 Å². The van der Waals surface area contributed by atoms with Crippen molar-refractivity contribution in [2.24, 2.45) is 5.16 Å². The van der Waals surface area contributed by atoms with Crippen LogP contribution in [0.25, 0.3) is 6.08 Å². The van der Waals surface area contributed by atoms with E-state index in [9.17, 15) is 0 Å². The number of benzene rings is 1. The predicted octanol–water partition coefficient (Wildman–Crippen LogP) is 3.62. The molecule has 15 heavy (non-hydrogen) atoms. The highest BCUT2D eigenvalue weighted by Crippen LogP contribution is 2.28. The lowest BCUT2D eigenvalue weighted by molar-refractivity contribution is 0.344. The fourth-order valence-corrected chi connectivity index (χ4v) is 1.33. The first-order valence-electron chi connectivity index (χ1n) is 4.89. The molecule has 2 heteroatoms. The number of nitrogens with zero attached hydrogens (tertiary/aromatic N) is 1. The van der Waals surface area contributed by atoms with E-state index in [1.165, 1.54) is 5.56 Å². The molecule has 80 valence electrons. The van der Waals surface area contributed by atoms with Gasteiger partial charge in [-0.1, -0.05) is 44.6 Å². The summed E-state index contributed by atoms with van der Waals surface area (Å²) < 4.78 is 0. The van der Waals surface area contributed by atoms with Crippen LogP contribution in [0.15, 0.2) is 29.9 Å². The Morgan fingerprint density at radius 1 is 1.33 bits per heavy atom. The molecule has 0 fully saturated rings. The SMILES string of the molecule is C=Cc1cc(C(C)(C)C)ccc1ON=C. The molecule has 2 nitrogen and oxygen atoms in total. The lowest BCUT2D eigenvalue weighted by Crippen LogP contribution is -2.11. The molecule has 0 aliphatic rings. The Morgan fingerprint density at radius 2 is 2.00 bits per heavy atom. The maximum atomic E-state index is 5.04. The highest BCUT2D eigenvalue weighted by Gasteiger charge is 2.15. The quantitative estimate of drug-likeness (QED) is 0.543. The van der Waals surface area contributed by atoms with Gasteiger partial charge in [0, 0.05) is 12.3 Å². The normalized spacial score (nSPS) is 10.9. The largest absolute Gasteiger partial charge is 0.357 e. The van der Waals surface area contributed by atoms with Crippen molar-refractivity contribution in [1.29, 1.82) is 0 Å². The molecule has 0 bridgehead atoms. The molecule has 0 amide bonds. The van der Waals surface area contributed by atoms with E-state index in [0.717, 1.165) is 5.56 Å². The van der Waals surface area contributed by atoms with Gasteiger partial charge in [-0.25, -0.2) is 0 Å². The lowest BCUT2D eigenvalue weighted by atomic mass is 9.86. The Balaban J connectivity index is 3.18. The van der Waals surface area contributed by atoms with Crippen LogP contribution in [0.2, 0.25) is 0 Å². The molecular formula is C13H17NO. The number of rotatable bonds is 3. The van der Waals surface area contributed by atoms with Crippen molar-refractivity contribution in [3.05, 3.63) is 35.9 Å². The molecule has 1 aromatic rings. The summed E-state index contributed by atoms with van der Waals surface area (Å²) in [6, 6.07) is 5.99. The van der Waals surface area contributed by atoms with Gasteiger partial charge >= 0.3 is 0 Å². The third-order valence-corrected chi connectivity index (χ3v) is 2.26. The highest BCUT2D eigenvalue weighted by atomic mass is 16.6. The fourth-order valence-electron chi connectivity index (χ4n) is 1.33. The van der Waals surface area contributed by atoms with E-state index >= 15 is 0 Å². The zero-order chi connectivity index (χ0) is 11.5. The summed E-state index contributed by atoms with van der Waals surface area (Å²) in [5.41, 5.74) is 2.31. The third kappa shape index (κ3) is 2.69. The van der Waals surface area contributed by atoms with Gasteiger partial charge in [-0.2, -0.15) is 0 Å². The fraction of sp³-hybridized carbons (Fsp3) is 0.308. The van der Waals surface area contributed by atoms with Gasteiger partial charge < -0.3 is 4.84 Å². The van der Waals surface area contributed by atoms with Gasteiger partial charge in [0.1, 0.15) is 0 Å². The van der Waals surface area contributed by atoms with Gasteiger partial charge in [-0.3, -0.25) is 0 Å². The smallest absolute Gasteiger partial charge is 0.165 e. The van der Waals surface area contributed by atoms with Crippen molar-refractivity contribution in [1.82, 2.24) is 0 Å². The van der Waals surface area contributed by atoms with Crippen molar-refractivity contribution >= 4 is 12.8 Å². The second-order valence-corrected chi connectivity index (χ2v) is 4.43. The predicted molar refractivity (Wildman–Crippen MR) is 65.4 cm³/mol. The Hall–Kier alpha value is -1.57. The first-order valence-corrected chi connectivity index (χ1v) is 4.89. The van der Waals surface area contributed by atoms with Crippen LogP contribution in [0.1, 0.15) is 31.9 Å². The van der Waals surface area contributed by atoms with Gasteiger partial charge in [0.2, 0.25) is 0 Å². The summed E-state index contributed by atoms with van der Waals surface area (Å²) in [4.78, 5) is 5.04. The van der Waals surface area contributed by atoms with Crippen molar-refractivity contribution < 1.29 is 4.84 Å². The van der Waals surface area contributed by atoms with Crippen molar-refractivity contribution in [2.75, 3.05) is 0 Å². The van der Waals surface area contributed by atoms with E-state index in [1.807, 2.05) is 12.1 Å². The number of hydrogen-bond acceptors (Lipinski definition) is 2. The Labute approximate surface area is 91.3 Å². The number of hydrogen-bond donors (Lipinski definition) is 0. The minimum absolute atomic E-state index is 0.123. The van der Waals surface area contributed by atoms with Crippen LogP contribution in [0.3, 0.4) is 0 Å². The number of oxime groups is 1. The van der Waals surface area contributed by atoms with E-state index in [2.05, 4.69) is 45.3 Å². The summed E-state index contributed by atoms with van der Waals surface area (Å²) in [5.74, 6) is 0.688. The van der Waals surface area contributed by atoms with Gasteiger partial charge in [0.15, 0.2) is 5.75 Å². The molecule has 0 saturated heterocycles. The maximum absolute atomic E-state index is 5.04.